The van der Waals surface area contributed by atoms with Crippen molar-refractivity contribution >= 4 is 9.84 Å². The third-order valence-electron chi connectivity index (χ3n) is 3.13. The highest BCUT2D eigenvalue weighted by molar-refractivity contribution is 7.92. The van der Waals surface area contributed by atoms with Crippen LogP contribution in [0.3, 0.4) is 0 Å². The molecule has 0 saturated carbocycles. The number of ether oxygens (including phenoxy) is 1. The molecule has 0 heterocycles. The van der Waals surface area contributed by atoms with Crippen LogP contribution in [0.4, 0.5) is 0 Å². The van der Waals surface area contributed by atoms with Crippen LogP contribution in [-0.4, -0.2) is 31.1 Å². The predicted molar refractivity (Wildman–Crippen MR) is 71.5 cm³/mol. The van der Waals surface area contributed by atoms with Crippen molar-refractivity contribution in [1.29, 1.82) is 0 Å². The molecule has 5 heteroatoms. The van der Waals surface area contributed by atoms with Crippen LogP contribution in [0.2, 0.25) is 0 Å². The molecule has 1 unspecified atom stereocenters. The predicted octanol–water partition coefficient (Wildman–Crippen LogP) is 1.94. The van der Waals surface area contributed by atoms with Gasteiger partial charge in [-0.15, -0.1) is 0 Å². The van der Waals surface area contributed by atoms with E-state index in [4.69, 9.17) is 4.74 Å². The van der Waals surface area contributed by atoms with Gasteiger partial charge in [-0.25, -0.2) is 8.42 Å². The number of aliphatic hydroxyl groups excluding tert-OH is 1. The second-order valence-electron chi connectivity index (χ2n) is 4.75. The topological polar surface area (TPSA) is 63.6 Å². The zero-order valence-electron chi connectivity index (χ0n) is 11.2. The zero-order chi connectivity index (χ0) is 14.0. The van der Waals surface area contributed by atoms with Gasteiger partial charge in [-0.1, -0.05) is 18.2 Å². The van der Waals surface area contributed by atoms with E-state index >= 15 is 0 Å². The van der Waals surface area contributed by atoms with Crippen LogP contribution in [0.25, 0.3) is 0 Å². The first-order chi connectivity index (χ1) is 8.21. The number of para-hydroxylation sites is 1. The van der Waals surface area contributed by atoms with Crippen molar-refractivity contribution < 1.29 is 18.3 Å². The van der Waals surface area contributed by atoms with Crippen LogP contribution in [0.1, 0.15) is 32.4 Å². The summed E-state index contributed by atoms with van der Waals surface area (Å²) < 4.78 is 27.6. The Hall–Kier alpha value is -1.07. The molecule has 0 aromatic heterocycles. The fourth-order valence-electron chi connectivity index (χ4n) is 1.57. The molecule has 0 amide bonds. The van der Waals surface area contributed by atoms with E-state index < -0.39 is 20.7 Å². The number of rotatable bonds is 5. The molecule has 1 aromatic carbocycles. The van der Waals surface area contributed by atoms with E-state index in [1.54, 1.807) is 24.3 Å². The molecule has 18 heavy (non-hydrogen) atoms. The van der Waals surface area contributed by atoms with E-state index in [0.717, 1.165) is 6.26 Å². The van der Waals surface area contributed by atoms with Gasteiger partial charge >= 0.3 is 0 Å². The van der Waals surface area contributed by atoms with Crippen molar-refractivity contribution in [3.05, 3.63) is 29.8 Å². The van der Waals surface area contributed by atoms with Crippen LogP contribution in [0.5, 0.6) is 5.75 Å². The first-order valence-electron chi connectivity index (χ1n) is 5.81. The van der Waals surface area contributed by atoms with Crippen molar-refractivity contribution in [1.82, 2.24) is 0 Å². The number of sulfone groups is 1. The van der Waals surface area contributed by atoms with Crippen LogP contribution in [0, 0.1) is 0 Å². The normalized spacial score (nSPS) is 14.3. The number of hydrogen-bond donors (Lipinski definition) is 1. The third-order valence-corrected chi connectivity index (χ3v) is 5.26. The second kappa shape index (κ2) is 5.28. The van der Waals surface area contributed by atoms with E-state index in [2.05, 4.69) is 0 Å². The molecule has 0 aliphatic heterocycles. The lowest BCUT2D eigenvalue weighted by Crippen LogP contribution is -2.38. The molecular formula is C13H20O4S. The van der Waals surface area contributed by atoms with Crippen molar-refractivity contribution in [2.45, 2.75) is 31.6 Å². The largest absolute Gasteiger partial charge is 0.493 e. The van der Waals surface area contributed by atoms with Crippen molar-refractivity contribution in [2.24, 2.45) is 0 Å². The summed E-state index contributed by atoms with van der Waals surface area (Å²) in [6, 6.07) is 6.94. The molecule has 1 atom stereocenters. The van der Waals surface area contributed by atoms with Gasteiger partial charge in [0.05, 0.1) is 11.4 Å². The summed E-state index contributed by atoms with van der Waals surface area (Å²) in [6.45, 7) is 5.32. The highest BCUT2D eigenvalue weighted by atomic mass is 32.2. The standard InChI is InChI=1S/C13H20O4S/c1-5-17-11-9-7-6-8-10(11)12(14)13(2,3)18(4,15)16/h6-9,12,14H,5H2,1-4H3. The van der Waals surface area contributed by atoms with Gasteiger partial charge in [-0.3, -0.25) is 0 Å². The maximum atomic E-state index is 11.7. The molecule has 1 N–H and O–H groups in total. The number of aliphatic hydroxyl groups is 1. The second-order valence-corrected chi connectivity index (χ2v) is 7.35. The van der Waals surface area contributed by atoms with Crippen molar-refractivity contribution in [2.75, 3.05) is 12.9 Å². The lowest BCUT2D eigenvalue weighted by Gasteiger charge is -2.29. The summed E-state index contributed by atoms with van der Waals surface area (Å²) in [6.07, 6.45) is -0.00488. The first kappa shape index (κ1) is 15.0. The Labute approximate surface area is 109 Å². The molecule has 4 nitrogen and oxygen atoms in total. The van der Waals surface area contributed by atoms with E-state index in [-0.39, 0.29) is 0 Å². The van der Waals surface area contributed by atoms with Crippen LogP contribution in [0.15, 0.2) is 24.3 Å². The van der Waals surface area contributed by atoms with Gasteiger partial charge in [0.25, 0.3) is 0 Å². The summed E-state index contributed by atoms with van der Waals surface area (Å²) in [7, 11) is -3.39. The summed E-state index contributed by atoms with van der Waals surface area (Å²) in [5.41, 5.74) is 0.495. The van der Waals surface area contributed by atoms with Gasteiger partial charge in [-0.2, -0.15) is 0 Å². The van der Waals surface area contributed by atoms with E-state index in [1.165, 1.54) is 13.8 Å². The quantitative estimate of drug-likeness (QED) is 0.889. The molecule has 0 saturated heterocycles. The van der Waals surface area contributed by atoms with Gasteiger partial charge < -0.3 is 9.84 Å². The summed E-state index contributed by atoms with van der Waals surface area (Å²) >= 11 is 0. The number of hydrogen-bond acceptors (Lipinski definition) is 4. The monoisotopic (exact) mass is 272 g/mol. The lowest BCUT2D eigenvalue weighted by molar-refractivity contribution is 0.135. The molecule has 0 radical (unpaired) electrons. The lowest BCUT2D eigenvalue weighted by atomic mass is 9.97. The van der Waals surface area contributed by atoms with E-state index in [9.17, 15) is 13.5 Å². The molecule has 0 fully saturated rings. The fraction of sp³-hybridized carbons (Fsp3) is 0.538. The number of benzene rings is 1. The Kier molecular flexibility index (Phi) is 4.40. The molecule has 0 aliphatic rings. The molecular weight excluding hydrogens is 252 g/mol. The zero-order valence-corrected chi connectivity index (χ0v) is 12.0. The molecule has 1 rings (SSSR count). The van der Waals surface area contributed by atoms with Gasteiger partial charge in [0, 0.05) is 11.8 Å². The van der Waals surface area contributed by atoms with E-state index in [0.29, 0.717) is 17.9 Å². The minimum absolute atomic E-state index is 0.461. The minimum Gasteiger partial charge on any atom is -0.493 e. The summed E-state index contributed by atoms with van der Waals surface area (Å²) in [4.78, 5) is 0. The highest BCUT2D eigenvalue weighted by Crippen LogP contribution is 2.36. The minimum atomic E-state index is -3.39. The molecule has 0 spiro atoms. The first-order valence-corrected chi connectivity index (χ1v) is 7.70. The fourth-order valence-corrected chi connectivity index (χ4v) is 2.10. The Morgan fingerprint density at radius 1 is 1.33 bits per heavy atom. The van der Waals surface area contributed by atoms with Crippen molar-refractivity contribution in [3.8, 4) is 5.75 Å². The molecule has 102 valence electrons. The maximum Gasteiger partial charge on any atom is 0.155 e. The van der Waals surface area contributed by atoms with Gasteiger partial charge in [0.1, 0.15) is 11.9 Å². The summed E-state index contributed by atoms with van der Waals surface area (Å²) in [5, 5.41) is 10.3. The Morgan fingerprint density at radius 2 is 1.89 bits per heavy atom. The molecule has 0 aliphatic carbocycles. The van der Waals surface area contributed by atoms with Gasteiger partial charge in [-0.05, 0) is 26.8 Å². The van der Waals surface area contributed by atoms with Crippen molar-refractivity contribution in [3.63, 3.8) is 0 Å². The Bertz CT molecular complexity index is 505. The Morgan fingerprint density at radius 3 is 2.39 bits per heavy atom. The third kappa shape index (κ3) is 2.84. The molecule has 1 aromatic rings. The smallest absolute Gasteiger partial charge is 0.155 e. The average Bonchev–Trinajstić information content (AvgIpc) is 2.28. The van der Waals surface area contributed by atoms with Crippen LogP contribution >= 0.6 is 0 Å². The van der Waals surface area contributed by atoms with Gasteiger partial charge in [0.15, 0.2) is 9.84 Å². The maximum absolute atomic E-state index is 11.7. The van der Waals surface area contributed by atoms with Crippen LogP contribution in [-0.2, 0) is 9.84 Å². The average molecular weight is 272 g/mol. The van der Waals surface area contributed by atoms with Gasteiger partial charge in [0.2, 0.25) is 0 Å². The Balaban J connectivity index is 3.23. The molecule has 0 bridgehead atoms. The van der Waals surface area contributed by atoms with Crippen LogP contribution < -0.4 is 4.74 Å². The summed E-state index contributed by atoms with van der Waals surface area (Å²) in [5.74, 6) is 0.518. The van der Waals surface area contributed by atoms with E-state index in [1.807, 2.05) is 6.92 Å². The highest BCUT2D eigenvalue weighted by Gasteiger charge is 2.40. The SMILES string of the molecule is CCOc1ccccc1C(O)C(C)(C)S(C)(=O)=O.